The molecular formula is C14H16N2S. The third-order valence-corrected chi connectivity index (χ3v) is 3.69. The van der Waals surface area contributed by atoms with E-state index < -0.39 is 0 Å². The average Bonchev–Trinajstić information content (AvgIpc) is 2.73. The van der Waals surface area contributed by atoms with Gasteiger partial charge in [0.05, 0.1) is 10.2 Å². The van der Waals surface area contributed by atoms with Crippen LogP contribution in [0.4, 0.5) is 0 Å². The molecule has 0 aliphatic rings. The van der Waals surface area contributed by atoms with E-state index in [-0.39, 0.29) is 0 Å². The van der Waals surface area contributed by atoms with Crippen molar-refractivity contribution in [3.8, 4) is 0 Å². The maximum absolute atomic E-state index is 5.70. The van der Waals surface area contributed by atoms with E-state index in [0.717, 1.165) is 34.5 Å². The number of para-hydroxylation sites is 1. The molecule has 2 N–H and O–H groups in total. The minimum Gasteiger partial charge on any atom is -0.404 e. The first-order chi connectivity index (χ1) is 8.26. The molecule has 0 amide bonds. The number of benzene rings is 1. The molecule has 0 aliphatic carbocycles. The first-order valence-corrected chi connectivity index (χ1v) is 6.54. The van der Waals surface area contributed by atoms with Crippen LogP contribution in [0.5, 0.6) is 0 Å². The van der Waals surface area contributed by atoms with E-state index in [4.69, 9.17) is 5.73 Å². The number of nitrogens with two attached hydrogens (primary N) is 1. The van der Waals surface area contributed by atoms with Gasteiger partial charge in [-0.2, -0.15) is 0 Å². The highest BCUT2D eigenvalue weighted by Gasteiger charge is 2.10. The van der Waals surface area contributed by atoms with Crippen molar-refractivity contribution < 1.29 is 0 Å². The lowest BCUT2D eigenvalue weighted by molar-refractivity contribution is 0.933. The molecule has 0 atom stereocenters. The summed E-state index contributed by atoms with van der Waals surface area (Å²) in [6.45, 7) is 6.22. The third-order valence-electron chi connectivity index (χ3n) is 2.62. The van der Waals surface area contributed by atoms with Crippen molar-refractivity contribution in [3.63, 3.8) is 0 Å². The van der Waals surface area contributed by atoms with Gasteiger partial charge in [0, 0.05) is 11.8 Å². The van der Waals surface area contributed by atoms with Crippen molar-refractivity contribution in [2.24, 2.45) is 5.73 Å². The molecule has 1 heterocycles. The molecule has 2 nitrogen and oxygen atoms in total. The van der Waals surface area contributed by atoms with Crippen LogP contribution in [0.1, 0.15) is 24.8 Å². The second kappa shape index (κ2) is 5.15. The van der Waals surface area contributed by atoms with E-state index in [9.17, 15) is 0 Å². The van der Waals surface area contributed by atoms with Gasteiger partial charge < -0.3 is 5.73 Å². The highest BCUT2D eigenvalue weighted by atomic mass is 32.1. The van der Waals surface area contributed by atoms with Gasteiger partial charge in [-0.3, -0.25) is 0 Å². The number of nitrogens with zero attached hydrogens (tertiary/aromatic N) is 1. The molecule has 0 saturated heterocycles. The summed E-state index contributed by atoms with van der Waals surface area (Å²) >= 11 is 1.66. The summed E-state index contributed by atoms with van der Waals surface area (Å²) in [5.74, 6) is 0. The summed E-state index contributed by atoms with van der Waals surface area (Å²) in [5, 5.41) is 0.965. The number of rotatable bonds is 4. The molecule has 3 heteroatoms. The molecular weight excluding hydrogens is 228 g/mol. The van der Waals surface area contributed by atoms with Gasteiger partial charge in [0.15, 0.2) is 0 Å². The second-order valence-electron chi connectivity index (χ2n) is 3.92. The molecule has 0 bridgehead atoms. The molecule has 0 spiro atoms. The summed E-state index contributed by atoms with van der Waals surface area (Å²) in [5.41, 5.74) is 8.77. The Morgan fingerprint density at radius 1 is 1.47 bits per heavy atom. The first-order valence-electron chi connectivity index (χ1n) is 5.72. The minimum atomic E-state index is 0.957. The van der Waals surface area contributed by atoms with Crippen molar-refractivity contribution in [1.82, 2.24) is 4.98 Å². The molecule has 0 radical (unpaired) electrons. The number of fused-ring (bicyclic) bond motifs is 1. The summed E-state index contributed by atoms with van der Waals surface area (Å²) in [6.07, 6.45) is 3.65. The highest BCUT2D eigenvalue weighted by Crippen LogP contribution is 2.31. The van der Waals surface area contributed by atoms with E-state index in [0.29, 0.717) is 0 Å². The standard InChI is InChI=1S/C14H16N2S/c1-3-6-10(2)11(9-15)14-16-12-7-4-5-8-13(12)17-14/h4-5,7-9H,2-3,6,15H2,1H3/b11-9-. The lowest BCUT2D eigenvalue weighted by atomic mass is 10.1. The fourth-order valence-electron chi connectivity index (χ4n) is 1.76. The molecule has 0 saturated carbocycles. The quantitative estimate of drug-likeness (QED) is 0.827. The van der Waals surface area contributed by atoms with Gasteiger partial charge in [-0.1, -0.05) is 32.1 Å². The SMILES string of the molecule is C=C(CCC)/C(=C/N)c1nc2ccccc2s1. The zero-order valence-electron chi connectivity index (χ0n) is 9.94. The van der Waals surface area contributed by atoms with Gasteiger partial charge in [-0.25, -0.2) is 4.98 Å². The highest BCUT2D eigenvalue weighted by molar-refractivity contribution is 7.19. The molecule has 2 aromatic rings. The van der Waals surface area contributed by atoms with Crippen molar-refractivity contribution >= 4 is 27.1 Å². The van der Waals surface area contributed by atoms with Crippen LogP contribution in [0.15, 0.2) is 42.6 Å². The van der Waals surface area contributed by atoms with E-state index in [1.165, 1.54) is 4.70 Å². The number of hydrogen-bond acceptors (Lipinski definition) is 3. The fourth-order valence-corrected chi connectivity index (χ4v) is 2.80. The lowest BCUT2D eigenvalue weighted by Gasteiger charge is -2.05. The Bertz CT molecular complexity index is 533. The van der Waals surface area contributed by atoms with E-state index in [2.05, 4.69) is 24.6 Å². The van der Waals surface area contributed by atoms with Crippen LogP contribution in [-0.4, -0.2) is 4.98 Å². The van der Waals surface area contributed by atoms with Crippen LogP contribution in [-0.2, 0) is 0 Å². The second-order valence-corrected chi connectivity index (χ2v) is 4.95. The van der Waals surface area contributed by atoms with Crippen LogP contribution in [0.3, 0.4) is 0 Å². The van der Waals surface area contributed by atoms with Gasteiger partial charge in [-0.15, -0.1) is 11.3 Å². The molecule has 0 aliphatic heterocycles. The van der Waals surface area contributed by atoms with Crippen molar-refractivity contribution in [2.75, 3.05) is 0 Å². The maximum Gasteiger partial charge on any atom is 0.126 e. The molecule has 0 unspecified atom stereocenters. The molecule has 1 aromatic carbocycles. The Morgan fingerprint density at radius 3 is 2.88 bits per heavy atom. The Balaban J connectivity index is 2.41. The third kappa shape index (κ3) is 2.39. The van der Waals surface area contributed by atoms with Crippen LogP contribution >= 0.6 is 11.3 Å². The number of allylic oxidation sites excluding steroid dienone is 2. The van der Waals surface area contributed by atoms with E-state index in [1.807, 2.05) is 18.2 Å². The molecule has 88 valence electrons. The number of hydrogen-bond donors (Lipinski definition) is 1. The smallest absolute Gasteiger partial charge is 0.126 e. The summed E-state index contributed by atoms with van der Waals surface area (Å²) in [7, 11) is 0. The fraction of sp³-hybridized carbons (Fsp3) is 0.214. The minimum absolute atomic E-state index is 0.957. The van der Waals surface area contributed by atoms with Gasteiger partial charge in [0.1, 0.15) is 5.01 Å². The van der Waals surface area contributed by atoms with Crippen LogP contribution in [0, 0.1) is 0 Å². The normalized spacial score (nSPS) is 11.9. The number of thiazole rings is 1. The molecule has 17 heavy (non-hydrogen) atoms. The summed E-state index contributed by atoms with van der Waals surface area (Å²) < 4.78 is 1.19. The number of aromatic nitrogens is 1. The predicted octanol–water partition coefficient (Wildman–Crippen LogP) is 3.95. The van der Waals surface area contributed by atoms with Crippen LogP contribution in [0.2, 0.25) is 0 Å². The zero-order valence-corrected chi connectivity index (χ0v) is 10.8. The maximum atomic E-state index is 5.70. The van der Waals surface area contributed by atoms with Gasteiger partial charge >= 0.3 is 0 Å². The monoisotopic (exact) mass is 244 g/mol. The average molecular weight is 244 g/mol. The lowest BCUT2D eigenvalue weighted by Crippen LogP contribution is -1.92. The zero-order chi connectivity index (χ0) is 12.3. The Kier molecular flexibility index (Phi) is 3.59. The molecule has 1 aromatic heterocycles. The first kappa shape index (κ1) is 11.9. The van der Waals surface area contributed by atoms with Crippen molar-refractivity contribution in [1.29, 1.82) is 0 Å². The van der Waals surface area contributed by atoms with Gasteiger partial charge in [-0.05, 0) is 24.1 Å². The van der Waals surface area contributed by atoms with Crippen molar-refractivity contribution in [2.45, 2.75) is 19.8 Å². The topological polar surface area (TPSA) is 38.9 Å². The van der Waals surface area contributed by atoms with Crippen LogP contribution < -0.4 is 5.73 Å². The largest absolute Gasteiger partial charge is 0.404 e. The Hall–Kier alpha value is -1.61. The molecule has 2 rings (SSSR count). The predicted molar refractivity (Wildman–Crippen MR) is 75.8 cm³/mol. The summed E-state index contributed by atoms with van der Waals surface area (Å²) in [4.78, 5) is 4.60. The summed E-state index contributed by atoms with van der Waals surface area (Å²) in [6, 6.07) is 8.12. The Labute approximate surface area is 105 Å². The van der Waals surface area contributed by atoms with Gasteiger partial charge in [0.25, 0.3) is 0 Å². The van der Waals surface area contributed by atoms with E-state index >= 15 is 0 Å². The van der Waals surface area contributed by atoms with Crippen molar-refractivity contribution in [3.05, 3.63) is 47.6 Å². The van der Waals surface area contributed by atoms with Crippen LogP contribution in [0.25, 0.3) is 15.8 Å². The Morgan fingerprint density at radius 2 is 2.24 bits per heavy atom. The molecule has 0 fully saturated rings. The van der Waals surface area contributed by atoms with E-state index in [1.54, 1.807) is 17.5 Å². The van der Waals surface area contributed by atoms with Gasteiger partial charge in [0.2, 0.25) is 0 Å².